The molecule has 0 atom stereocenters. The van der Waals surface area contributed by atoms with Crippen LogP contribution >= 0.6 is 23.4 Å². The summed E-state index contributed by atoms with van der Waals surface area (Å²) in [5.74, 6) is 2.52. The van der Waals surface area contributed by atoms with Gasteiger partial charge in [0.05, 0.1) is 5.41 Å². The van der Waals surface area contributed by atoms with Gasteiger partial charge in [-0.15, -0.1) is 0 Å². The molecule has 4 rings (SSSR count). The van der Waals surface area contributed by atoms with Gasteiger partial charge in [-0.1, -0.05) is 42.3 Å². The fourth-order valence-electron chi connectivity index (χ4n) is 3.96. The Kier molecular flexibility index (Phi) is 5.76. The second kappa shape index (κ2) is 8.26. The highest BCUT2D eigenvalue weighted by Crippen LogP contribution is 2.44. The van der Waals surface area contributed by atoms with E-state index < -0.39 is 5.41 Å². The van der Waals surface area contributed by atoms with Gasteiger partial charge in [0.1, 0.15) is 0 Å². The summed E-state index contributed by atoms with van der Waals surface area (Å²) in [5.41, 5.74) is 2.81. The highest BCUT2D eigenvalue weighted by molar-refractivity contribution is 7.99. The summed E-state index contributed by atoms with van der Waals surface area (Å²) in [7, 11) is 0. The van der Waals surface area contributed by atoms with Crippen LogP contribution in [0.5, 0.6) is 0 Å². The topological polar surface area (TPSA) is 32.3 Å². The first-order valence-electron chi connectivity index (χ1n) is 9.62. The van der Waals surface area contributed by atoms with E-state index in [4.69, 9.17) is 11.6 Å². The second-order valence-electron chi connectivity index (χ2n) is 7.49. The van der Waals surface area contributed by atoms with Crippen LogP contribution in [0.1, 0.15) is 30.4 Å². The molecule has 27 heavy (non-hydrogen) atoms. The number of carbonyl (C=O) groups is 1. The fraction of sp³-hybridized carbons (Fsp3) is 0.409. The van der Waals surface area contributed by atoms with Crippen molar-refractivity contribution < 1.29 is 4.79 Å². The zero-order valence-corrected chi connectivity index (χ0v) is 17.0. The number of rotatable bonds is 5. The Balaban J connectivity index is 1.47. The number of nitrogens with one attached hydrogen (secondary N) is 1. The van der Waals surface area contributed by atoms with Crippen molar-refractivity contribution in [2.24, 2.45) is 0 Å². The van der Waals surface area contributed by atoms with Crippen molar-refractivity contribution in [1.82, 2.24) is 4.90 Å². The first-order valence-corrected chi connectivity index (χ1v) is 11.2. The largest absolute Gasteiger partial charge is 0.325 e. The number of halogens is 1. The van der Waals surface area contributed by atoms with Crippen LogP contribution in [0.25, 0.3) is 0 Å². The average Bonchev–Trinajstić information content (AvgIpc) is 2.63. The molecule has 5 heteroatoms. The molecule has 2 aromatic carbocycles. The van der Waals surface area contributed by atoms with Crippen molar-refractivity contribution >= 4 is 35.0 Å². The standard InChI is InChI=1S/C22H25ClN2OS/c23-19-7-5-18(6-8-19)22(9-2-10-22)21(26)24-20-4-1-3-17(15-20)16-25-11-13-27-14-12-25/h1,3-8,15H,2,9-14,16H2,(H,24,26). The van der Waals surface area contributed by atoms with E-state index in [0.29, 0.717) is 5.02 Å². The van der Waals surface area contributed by atoms with E-state index in [2.05, 4.69) is 22.3 Å². The third-order valence-electron chi connectivity index (χ3n) is 5.73. The van der Waals surface area contributed by atoms with Crippen molar-refractivity contribution in [3.8, 4) is 0 Å². The molecule has 1 aliphatic heterocycles. The van der Waals surface area contributed by atoms with E-state index in [1.165, 1.54) is 17.1 Å². The summed E-state index contributed by atoms with van der Waals surface area (Å²) in [6.45, 7) is 3.23. The molecule has 1 saturated carbocycles. The number of carbonyl (C=O) groups excluding carboxylic acids is 1. The summed E-state index contributed by atoms with van der Waals surface area (Å²) < 4.78 is 0. The van der Waals surface area contributed by atoms with Crippen LogP contribution in [0.4, 0.5) is 5.69 Å². The molecule has 142 valence electrons. The van der Waals surface area contributed by atoms with Gasteiger partial charge in [0.2, 0.25) is 5.91 Å². The predicted octanol–water partition coefficient (Wildman–Crippen LogP) is 4.95. The van der Waals surface area contributed by atoms with Crippen LogP contribution in [0.2, 0.25) is 5.02 Å². The van der Waals surface area contributed by atoms with Gasteiger partial charge in [0.15, 0.2) is 0 Å². The Morgan fingerprint density at radius 3 is 2.52 bits per heavy atom. The molecule has 0 unspecified atom stereocenters. The van der Waals surface area contributed by atoms with Gasteiger partial charge < -0.3 is 5.32 Å². The molecule has 1 heterocycles. The second-order valence-corrected chi connectivity index (χ2v) is 9.15. The first kappa shape index (κ1) is 18.9. The molecule has 3 nitrogen and oxygen atoms in total. The zero-order valence-electron chi connectivity index (χ0n) is 15.4. The zero-order chi connectivity index (χ0) is 18.7. The van der Waals surface area contributed by atoms with Gasteiger partial charge in [-0.05, 0) is 48.2 Å². The first-order chi connectivity index (χ1) is 13.2. The highest BCUT2D eigenvalue weighted by Gasteiger charge is 2.45. The molecular formula is C22H25ClN2OS. The van der Waals surface area contributed by atoms with Crippen LogP contribution in [0.3, 0.4) is 0 Å². The molecule has 0 bridgehead atoms. The molecule has 0 aromatic heterocycles. The van der Waals surface area contributed by atoms with E-state index in [-0.39, 0.29) is 5.91 Å². The van der Waals surface area contributed by atoms with Gasteiger partial charge in [-0.25, -0.2) is 0 Å². The number of anilines is 1. The average molecular weight is 401 g/mol. The quantitative estimate of drug-likeness (QED) is 0.770. The lowest BCUT2D eigenvalue weighted by Crippen LogP contribution is -2.46. The maximum absolute atomic E-state index is 13.1. The van der Waals surface area contributed by atoms with E-state index in [1.54, 1.807) is 0 Å². The molecule has 0 radical (unpaired) electrons. The summed E-state index contributed by atoms with van der Waals surface area (Å²) in [4.78, 5) is 15.6. The maximum Gasteiger partial charge on any atom is 0.235 e. The van der Waals surface area contributed by atoms with E-state index in [1.807, 2.05) is 48.2 Å². The summed E-state index contributed by atoms with van der Waals surface area (Å²) in [5, 5.41) is 3.89. The lowest BCUT2D eigenvalue weighted by Gasteiger charge is -2.40. The molecule has 2 fully saturated rings. The minimum absolute atomic E-state index is 0.0996. The number of thioether (sulfide) groups is 1. The van der Waals surface area contributed by atoms with Crippen LogP contribution in [0, 0.1) is 0 Å². The van der Waals surface area contributed by atoms with Gasteiger partial charge in [0.25, 0.3) is 0 Å². The molecule has 2 aliphatic rings. The Hall–Kier alpha value is -1.49. The number of benzene rings is 2. The molecule has 1 saturated heterocycles. The fourth-order valence-corrected chi connectivity index (χ4v) is 5.07. The Morgan fingerprint density at radius 1 is 1.11 bits per heavy atom. The number of amides is 1. The summed E-state index contributed by atoms with van der Waals surface area (Å²) >= 11 is 8.05. The van der Waals surface area contributed by atoms with Gasteiger partial charge in [-0.3, -0.25) is 9.69 Å². The molecular weight excluding hydrogens is 376 g/mol. The summed E-state index contributed by atoms with van der Waals surface area (Å²) in [6, 6.07) is 16.0. The van der Waals surface area contributed by atoms with Crippen molar-refractivity contribution in [1.29, 1.82) is 0 Å². The minimum Gasteiger partial charge on any atom is -0.325 e. The lowest BCUT2D eigenvalue weighted by atomic mass is 9.64. The van der Waals surface area contributed by atoms with Crippen LogP contribution in [-0.2, 0) is 16.8 Å². The number of nitrogens with zero attached hydrogens (tertiary/aromatic N) is 1. The van der Waals surface area contributed by atoms with E-state index >= 15 is 0 Å². The lowest BCUT2D eigenvalue weighted by molar-refractivity contribution is -0.124. The van der Waals surface area contributed by atoms with Gasteiger partial charge in [-0.2, -0.15) is 11.8 Å². The highest BCUT2D eigenvalue weighted by atomic mass is 35.5. The maximum atomic E-state index is 13.1. The molecule has 0 spiro atoms. The van der Waals surface area contributed by atoms with Crippen molar-refractivity contribution in [2.45, 2.75) is 31.2 Å². The third kappa shape index (κ3) is 4.18. The van der Waals surface area contributed by atoms with Crippen molar-refractivity contribution in [3.05, 3.63) is 64.7 Å². The van der Waals surface area contributed by atoms with Crippen LogP contribution in [0.15, 0.2) is 48.5 Å². The van der Waals surface area contributed by atoms with Gasteiger partial charge in [0, 0.05) is 41.8 Å². The Morgan fingerprint density at radius 2 is 1.85 bits per heavy atom. The van der Waals surface area contributed by atoms with Crippen molar-refractivity contribution in [3.63, 3.8) is 0 Å². The van der Waals surface area contributed by atoms with E-state index in [0.717, 1.165) is 50.1 Å². The van der Waals surface area contributed by atoms with E-state index in [9.17, 15) is 4.79 Å². The third-order valence-corrected chi connectivity index (χ3v) is 6.93. The smallest absolute Gasteiger partial charge is 0.235 e. The monoisotopic (exact) mass is 400 g/mol. The minimum atomic E-state index is -0.412. The molecule has 1 aliphatic carbocycles. The normalized spacial score (nSPS) is 19.3. The molecule has 2 aromatic rings. The SMILES string of the molecule is O=C(Nc1cccc(CN2CCSCC2)c1)C1(c2ccc(Cl)cc2)CCC1. The van der Waals surface area contributed by atoms with Gasteiger partial charge >= 0.3 is 0 Å². The summed E-state index contributed by atoms with van der Waals surface area (Å²) in [6.07, 6.45) is 2.88. The predicted molar refractivity (Wildman–Crippen MR) is 115 cm³/mol. The Bertz CT molecular complexity index is 798. The van der Waals surface area contributed by atoms with Crippen LogP contribution < -0.4 is 5.32 Å². The van der Waals surface area contributed by atoms with Crippen LogP contribution in [-0.4, -0.2) is 35.4 Å². The number of hydrogen-bond donors (Lipinski definition) is 1. The number of hydrogen-bond acceptors (Lipinski definition) is 3. The van der Waals surface area contributed by atoms with Crippen molar-refractivity contribution in [2.75, 3.05) is 29.9 Å². The molecule has 1 N–H and O–H groups in total. The Labute approximate surface area is 170 Å². The molecule has 1 amide bonds.